The molecule has 1 aliphatic rings. The lowest BCUT2D eigenvalue weighted by Gasteiger charge is -2.36. The van der Waals surface area contributed by atoms with Crippen molar-refractivity contribution in [2.45, 2.75) is 62.9 Å². The molecule has 3 N–H and O–H groups in total. The minimum absolute atomic E-state index is 0.0208. The maximum Gasteiger partial charge on any atom is 0.262 e. The molecule has 1 saturated heterocycles. The van der Waals surface area contributed by atoms with Crippen molar-refractivity contribution in [2.75, 3.05) is 17.9 Å². The second-order valence-corrected chi connectivity index (χ2v) is 12.3. The van der Waals surface area contributed by atoms with Crippen LogP contribution in [0.1, 0.15) is 56.8 Å². The molecule has 4 rings (SSSR count). The lowest BCUT2D eigenvalue weighted by Crippen LogP contribution is -2.57. The SMILES string of the molecule is CCC1CCCCN1CNC(=O)C(C)(C)NC(=O)c1ccc(S(=O)(=O)Nc2ccccc2Oc2ccccc2)cc1. The number of piperidine rings is 1. The summed E-state index contributed by atoms with van der Waals surface area (Å²) in [6.07, 6.45) is 4.48. The number of rotatable bonds is 11. The maximum absolute atomic E-state index is 13.1. The van der Waals surface area contributed by atoms with Crippen LogP contribution < -0.4 is 20.1 Å². The molecule has 0 aliphatic carbocycles. The lowest BCUT2D eigenvalue weighted by atomic mass is 10.0. The van der Waals surface area contributed by atoms with Crippen molar-refractivity contribution >= 4 is 27.5 Å². The molecule has 3 aromatic carbocycles. The number of hydrogen-bond donors (Lipinski definition) is 3. The number of likely N-dealkylation sites (tertiary alicyclic amines) is 1. The Labute approximate surface area is 242 Å². The molecule has 0 bridgehead atoms. The standard InChI is InChI=1S/C31H38N4O5S/c1-4-24-12-10-11-21-35(24)22-32-30(37)31(2,3)33-29(36)23-17-19-26(20-18-23)41(38,39)34-27-15-8-9-16-28(27)40-25-13-6-5-7-14-25/h5-9,13-20,24,34H,4,10-12,21-22H2,1-3H3,(H,32,37)(H,33,36). The second-order valence-electron chi connectivity index (χ2n) is 10.7. The van der Waals surface area contributed by atoms with Crippen LogP contribution >= 0.6 is 0 Å². The second kappa shape index (κ2) is 13.2. The van der Waals surface area contributed by atoms with E-state index in [9.17, 15) is 18.0 Å². The predicted molar refractivity (Wildman–Crippen MR) is 159 cm³/mol. The van der Waals surface area contributed by atoms with Crippen LogP contribution in [-0.2, 0) is 14.8 Å². The Morgan fingerprint density at radius 1 is 0.951 bits per heavy atom. The number of hydrogen-bond acceptors (Lipinski definition) is 6. The molecule has 0 radical (unpaired) electrons. The normalized spacial score (nSPS) is 16.0. The van der Waals surface area contributed by atoms with Crippen molar-refractivity contribution < 1.29 is 22.7 Å². The van der Waals surface area contributed by atoms with Crippen molar-refractivity contribution in [3.63, 3.8) is 0 Å². The number of sulfonamides is 1. The minimum Gasteiger partial charge on any atom is -0.455 e. The first-order chi connectivity index (χ1) is 19.6. The van der Waals surface area contributed by atoms with Crippen LogP contribution in [0.2, 0.25) is 0 Å². The van der Waals surface area contributed by atoms with E-state index in [0.29, 0.717) is 24.2 Å². The van der Waals surface area contributed by atoms with Gasteiger partial charge in [0.1, 0.15) is 11.3 Å². The summed E-state index contributed by atoms with van der Waals surface area (Å²) in [7, 11) is -3.97. The number of carbonyl (C=O) groups is 2. The molecule has 41 heavy (non-hydrogen) atoms. The lowest BCUT2D eigenvalue weighted by molar-refractivity contribution is -0.127. The van der Waals surface area contributed by atoms with Crippen molar-refractivity contribution in [1.82, 2.24) is 15.5 Å². The van der Waals surface area contributed by atoms with Crippen molar-refractivity contribution in [1.29, 1.82) is 0 Å². The number of anilines is 1. The van der Waals surface area contributed by atoms with E-state index < -0.39 is 21.5 Å². The van der Waals surface area contributed by atoms with E-state index in [4.69, 9.17) is 4.74 Å². The minimum atomic E-state index is -3.97. The molecule has 0 saturated carbocycles. The van der Waals surface area contributed by atoms with Crippen LogP contribution in [0.25, 0.3) is 0 Å². The molecule has 1 aliphatic heterocycles. The fraction of sp³-hybridized carbons (Fsp3) is 0.355. The Morgan fingerprint density at radius 3 is 2.34 bits per heavy atom. The van der Waals surface area contributed by atoms with Crippen LogP contribution in [0.5, 0.6) is 11.5 Å². The zero-order valence-corrected chi connectivity index (χ0v) is 24.5. The molecular formula is C31H38N4O5S. The monoisotopic (exact) mass is 578 g/mol. The molecule has 0 spiro atoms. The van der Waals surface area contributed by atoms with Gasteiger partial charge in [-0.1, -0.05) is 43.7 Å². The average molecular weight is 579 g/mol. The first kappa shape index (κ1) is 30.1. The zero-order valence-electron chi connectivity index (χ0n) is 23.7. The van der Waals surface area contributed by atoms with Gasteiger partial charge in [-0.25, -0.2) is 8.42 Å². The van der Waals surface area contributed by atoms with Gasteiger partial charge in [-0.05, 0) is 81.6 Å². The van der Waals surface area contributed by atoms with E-state index in [1.807, 2.05) is 18.2 Å². The van der Waals surface area contributed by atoms with Crippen LogP contribution in [0.15, 0.2) is 83.8 Å². The third-order valence-corrected chi connectivity index (χ3v) is 8.57. The topological polar surface area (TPSA) is 117 Å². The first-order valence-electron chi connectivity index (χ1n) is 13.9. The van der Waals surface area contributed by atoms with Crippen molar-refractivity contribution in [3.05, 3.63) is 84.4 Å². The smallest absolute Gasteiger partial charge is 0.262 e. The molecule has 10 heteroatoms. The van der Waals surface area contributed by atoms with Gasteiger partial charge in [-0.15, -0.1) is 0 Å². The number of nitrogens with zero attached hydrogens (tertiary/aromatic N) is 1. The molecule has 1 unspecified atom stereocenters. The maximum atomic E-state index is 13.1. The Hall–Kier alpha value is -3.89. The highest BCUT2D eigenvalue weighted by molar-refractivity contribution is 7.92. The van der Waals surface area contributed by atoms with Gasteiger partial charge >= 0.3 is 0 Å². The fourth-order valence-electron chi connectivity index (χ4n) is 4.78. The van der Waals surface area contributed by atoms with Crippen LogP contribution in [-0.4, -0.2) is 49.9 Å². The van der Waals surface area contributed by atoms with E-state index >= 15 is 0 Å². The summed E-state index contributed by atoms with van der Waals surface area (Å²) >= 11 is 0. The van der Waals surface area contributed by atoms with Crippen LogP contribution in [0.4, 0.5) is 5.69 Å². The van der Waals surface area contributed by atoms with Crippen molar-refractivity contribution in [2.24, 2.45) is 0 Å². The largest absolute Gasteiger partial charge is 0.455 e. The highest BCUT2D eigenvalue weighted by Gasteiger charge is 2.31. The summed E-state index contributed by atoms with van der Waals surface area (Å²) < 4.78 is 34.7. The number of para-hydroxylation sites is 3. The summed E-state index contributed by atoms with van der Waals surface area (Å²) in [4.78, 5) is 28.1. The van der Waals surface area contributed by atoms with Gasteiger partial charge in [-0.3, -0.25) is 19.2 Å². The summed E-state index contributed by atoms with van der Waals surface area (Å²) in [5.41, 5.74) is -0.649. The third kappa shape index (κ3) is 7.86. The quantitative estimate of drug-likeness (QED) is 0.291. The molecule has 1 atom stereocenters. The van der Waals surface area contributed by atoms with E-state index in [2.05, 4.69) is 27.2 Å². The molecule has 9 nitrogen and oxygen atoms in total. The third-order valence-electron chi connectivity index (χ3n) is 7.19. The molecular weight excluding hydrogens is 540 g/mol. The summed E-state index contributed by atoms with van der Waals surface area (Å²) in [5.74, 6) is 0.159. The van der Waals surface area contributed by atoms with Gasteiger partial charge in [-0.2, -0.15) is 0 Å². The summed E-state index contributed by atoms with van der Waals surface area (Å²) in [6, 6.07) is 21.8. The highest BCUT2D eigenvalue weighted by atomic mass is 32.2. The number of ether oxygens (including phenoxy) is 1. The van der Waals surface area contributed by atoms with Crippen LogP contribution in [0.3, 0.4) is 0 Å². The molecule has 3 aromatic rings. The van der Waals surface area contributed by atoms with Gasteiger partial charge in [0.25, 0.3) is 15.9 Å². The molecule has 218 valence electrons. The van der Waals surface area contributed by atoms with Gasteiger partial charge in [0.05, 0.1) is 17.3 Å². The highest BCUT2D eigenvalue weighted by Crippen LogP contribution is 2.31. The molecule has 1 fully saturated rings. The van der Waals surface area contributed by atoms with Crippen molar-refractivity contribution in [3.8, 4) is 11.5 Å². The van der Waals surface area contributed by atoms with Crippen LogP contribution in [0, 0.1) is 0 Å². The molecule has 2 amide bonds. The molecule has 0 aromatic heterocycles. The van der Waals surface area contributed by atoms with Gasteiger partial charge in [0.15, 0.2) is 5.75 Å². The predicted octanol–water partition coefficient (Wildman–Crippen LogP) is 5.13. The zero-order chi connectivity index (χ0) is 29.5. The Bertz CT molecular complexity index is 1440. The Kier molecular flexibility index (Phi) is 9.67. The number of amides is 2. The van der Waals surface area contributed by atoms with Gasteiger partial charge < -0.3 is 15.4 Å². The Balaban J connectivity index is 1.38. The molecule has 1 heterocycles. The summed E-state index contributed by atoms with van der Waals surface area (Å²) in [5, 5.41) is 5.72. The Morgan fingerprint density at radius 2 is 1.63 bits per heavy atom. The fourth-order valence-corrected chi connectivity index (χ4v) is 5.85. The van der Waals surface area contributed by atoms with Gasteiger partial charge in [0, 0.05) is 18.2 Å². The van der Waals surface area contributed by atoms with E-state index in [-0.39, 0.29) is 22.1 Å². The van der Waals surface area contributed by atoms with E-state index in [1.165, 1.54) is 30.7 Å². The number of carbonyl (C=O) groups excluding carboxylic acids is 2. The van der Waals surface area contributed by atoms with E-state index in [1.54, 1.807) is 50.2 Å². The van der Waals surface area contributed by atoms with Gasteiger partial charge in [0.2, 0.25) is 5.91 Å². The number of nitrogens with one attached hydrogen (secondary N) is 3. The van der Waals surface area contributed by atoms with E-state index in [0.717, 1.165) is 25.8 Å². The summed E-state index contributed by atoms with van der Waals surface area (Å²) in [6.45, 7) is 6.83. The average Bonchev–Trinajstić information content (AvgIpc) is 2.97. The first-order valence-corrected chi connectivity index (χ1v) is 15.4. The number of benzene rings is 3.